The maximum atomic E-state index is 8.62. The van der Waals surface area contributed by atoms with Gasteiger partial charge in [0.25, 0.3) is 0 Å². The second-order valence-electron chi connectivity index (χ2n) is 2.67. The lowest BCUT2D eigenvalue weighted by Gasteiger charge is -1.89. The molecule has 0 amide bonds. The van der Waals surface area contributed by atoms with E-state index >= 15 is 0 Å². The molecular weight excluding hydrogens is 196 g/mol. The summed E-state index contributed by atoms with van der Waals surface area (Å²) in [6.45, 7) is 0. The number of rotatable bonds is 2. The van der Waals surface area contributed by atoms with E-state index in [-0.39, 0.29) is 0 Å². The van der Waals surface area contributed by atoms with Crippen LogP contribution in [-0.4, -0.2) is 10.9 Å². The van der Waals surface area contributed by atoms with Crippen LogP contribution in [0.25, 0.3) is 0 Å². The smallest absolute Gasteiger partial charge is 0.101 e. The SMILES string of the molecule is N#Cc1cncc(C#CCCCCl)c1. The Hall–Kier alpha value is -1.51. The third kappa shape index (κ3) is 3.47. The summed E-state index contributed by atoms with van der Waals surface area (Å²) in [5.74, 6) is 6.53. The Morgan fingerprint density at radius 1 is 1.36 bits per heavy atom. The Morgan fingerprint density at radius 2 is 2.14 bits per heavy atom. The minimum Gasteiger partial charge on any atom is -0.262 e. The number of halogens is 1. The number of aromatic nitrogens is 1. The predicted octanol–water partition coefficient (Wildman–Crippen LogP) is 2.32. The summed E-state index contributed by atoms with van der Waals surface area (Å²) in [6, 6.07) is 3.74. The Morgan fingerprint density at radius 3 is 2.86 bits per heavy atom. The number of nitriles is 1. The van der Waals surface area contributed by atoms with Crippen LogP contribution in [0.2, 0.25) is 0 Å². The molecule has 0 aliphatic carbocycles. The quantitative estimate of drug-likeness (QED) is 0.421. The van der Waals surface area contributed by atoms with E-state index in [2.05, 4.69) is 16.8 Å². The first kappa shape index (κ1) is 10.6. The third-order valence-electron chi connectivity index (χ3n) is 1.54. The molecule has 14 heavy (non-hydrogen) atoms. The van der Waals surface area contributed by atoms with Crippen LogP contribution in [0, 0.1) is 23.2 Å². The normalized spacial score (nSPS) is 8.57. The van der Waals surface area contributed by atoms with Crippen molar-refractivity contribution in [3.05, 3.63) is 29.6 Å². The van der Waals surface area contributed by atoms with Crippen LogP contribution in [-0.2, 0) is 0 Å². The van der Waals surface area contributed by atoms with Crippen molar-refractivity contribution in [2.45, 2.75) is 12.8 Å². The number of nitrogens with zero attached hydrogens (tertiary/aromatic N) is 2. The maximum absolute atomic E-state index is 8.62. The molecule has 0 N–H and O–H groups in total. The van der Waals surface area contributed by atoms with E-state index < -0.39 is 0 Å². The lowest BCUT2D eigenvalue weighted by molar-refractivity contribution is 0.991. The number of alkyl halides is 1. The largest absolute Gasteiger partial charge is 0.262 e. The summed E-state index contributed by atoms with van der Waals surface area (Å²) in [5.41, 5.74) is 1.31. The highest BCUT2D eigenvalue weighted by atomic mass is 35.5. The molecule has 1 heterocycles. The van der Waals surface area contributed by atoms with Gasteiger partial charge in [-0.1, -0.05) is 11.8 Å². The van der Waals surface area contributed by atoms with Crippen LogP contribution in [0.4, 0.5) is 0 Å². The average molecular weight is 205 g/mol. The standard InChI is InChI=1S/C11H9ClN2/c12-5-3-1-2-4-10-6-11(7-13)9-14-8-10/h6,8-9H,1,3,5H2. The maximum Gasteiger partial charge on any atom is 0.101 e. The van der Waals surface area contributed by atoms with Crippen LogP contribution in [0.5, 0.6) is 0 Å². The summed E-state index contributed by atoms with van der Waals surface area (Å²) in [6.07, 6.45) is 4.83. The van der Waals surface area contributed by atoms with Crippen molar-refractivity contribution < 1.29 is 0 Å². The highest BCUT2D eigenvalue weighted by molar-refractivity contribution is 6.17. The number of unbranched alkanes of at least 4 members (excludes halogenated alkanes) is 1. The molecule has 0 saturated heterocycles. The highest BCUT2D eigenvalue weighted by Crippen LogP contribution is 1.99. The van der Waals surface area contributed by atoms with E-state index in [0.717, 1.165) is 18.4 Å². The topological polar surface area (TPSA) is 36.7 Å². The molecule has 70 valence electrons. The second-order valence-corrected chi connectivity index (χ2v) is 3.05. The molecule has 1 aromatic rings. The van der Waals surface area contributed by atoms with E-state index in [1.807, 2.05) is 6.07 Å². The number of hydrogen-bond acceptors (Lipinski definition) is 2. The van der Waals surface area contributed by atoms with Crippen molar-refractivity contribution in [2.24, 2.45) is 0 Å². The van der Waals surface area contributed by atoms with Crippen molar-refractivity contribution in [3.63, 3.8) is 0 Å². The fourth-order valence-electron chi connectivity index (χ4n) is 0.889. The van der Waals surface area contributed by atoms with Gasteiger partial charge < -0.3 is 0 Å². The Balaban J connectivity index is 2.66. The molecule has 1 rings (SSSR count). The Kier molecular flexibility index (Phi) is 4.55. The first-order chi connectivity index (χ1) is 6.86. The number of hydrogen-bond donors (Lipinski definition) is 0. The van der Waals surface area contributed by atoms with Crippen molar-refractivity contribution in [1.29, 1.82) is 5.26 Å². The van der Waals surface area contributed by atoms with Crippen molar-refractivity contribution in [1.82, 2.24) is 4.98 Å². The summed E-state index contributed by atoms with van der Waals surface area (Å²) >= 11 is 5.51. The molecule has 0 saturated carbocycles. The van der Waals surface area contributed by atoms with Gasteiger partial charge in [-0.25, -0.2) is 0 Å². The van der Waals surface area contributed by atoms with Gasteiger partial charge in [0.2, 0.25) is 0 Å². The lowest BCUT2D eigenvalue weighted by Crippen LogP contribution is -1.81. The van der Waals surface area contributed by atoms with E-state index in [0.29, 0.717) is 11.4 Å². The van der Waals surface area contributed by atoms with Crippen LogP contribution in [0.15, 0.2) is 18.5 Å². The summed E-state index contributed by atoms with van der Waals surface area (Å²) in [4.78, 5) is 3.90. The third-order valence-corrected chi connectivity index (χ3v) is 1.80. The summed E-state index contributed by atoms with van der Waals surface area (Å²) in [5, 5.41) is 8.62. The van der Waals surface area contributed by atoms with Gasteiger partial charge in [0.15, 0.2) is 0 Å². The molecule has 2 nitrogen and oxygen atoms in total. The predicted molar refractivity (Wildman–Crippen MR) is 55.8 cm³/mol. The van der Waals surface area contributed by atoms with Gasteiger partial charge in [-0.3, -0.25) is 4.98 Å². The molecule has 1 aromatic heterocycles. The van der Waals surface area contributed by atoms with Crippen LogP contribution < -0.4 is 0 Å². The van der Waals surface area contributed by atoms with Crippen LogP contribution in [0.1, 0.15) is 24.0 Å². The molecule has 0 bridgehead atoms. The summed E-state index contributed by atoms with van der Waals surface area (Å²) < 4.78 is 0. The van der Waals surface area contributed by atoms with Gasteiger partial charge in [0.05, 0.1) is 5.56 Å². The van der Waals surface area contributed by atoms with Gasteiger partial charge in [-0.05, 0) is 12.5 Å². The van der Waals surface area contributed by atoms with Gasteiger partial charge in [-0.15, -0.1) is 11.6 Å². The van der Waals surface area contributed by atoms with E-state index in [1.54, 1.807) is 12.3 Å². The van der Waals surface area contributed by atoms with Crippen molar-refractivity contribution >= 4 is 11.6 Å². The van der Waals surface area contributed by atoms with Crippen molar-refractivity contribution in [2.75, 3.05) is 5.88 Å². The first-order valence-electron chi connectivity index (χ1n) is 4.27. The second kappa shape index (κ2) is 6.02. The van der Waals surface area contributed by atoms with Crippen LogP contribution in [0.3, 0.4) is 0 Å². The molecule has 0 unspecified atom stereocenters. The molecule has 0 atom stereocenters. The molecule has 3 heteroatoms. The molecule has 0 fully saturated rings. The van der Waals surface area contributed by atoms with E-state index in [1.165, 1.54) is 6.20 Å². The zero-order valence-corrected chi connectivity index (χ0v) is 8.38. The summed E-state index contributed by atoms with van der Waals surface area (Å²) in [7, 11) is 0. The zero-order chi connectivity index (χ0) is 10.2. The zero-order valence-electron chi connectivity index (χ0n) is 7.63. The number of pyridine rings is 1. The first-order valence-corrected chi connectivity index (χ1v) is 4.80. The highest BCUT2D eigenvalue weighted by Gasteiger charge is 1.91. The fraction of sp³-hybridized carbons (Fsp3) is 0.273. The van der Waals surface area contributed by atoms with E-state index in [9.17, 15) is 0 Å². The van der Waals surface area contributed by atoms with Crippen LogP contribution >= 0.6 is 11.6 Å². The monoisotopic (exact) mass is 204 g/mol. The molecule has 0 spiro atoms. The molecule has 0 aliphatic rings. The van der Waals surface area contributed by atoms with Gasteiger partial charge in [0, 0.05) is 30.3 Å². The fourth-order valence-corrected chi connectivity index (χ4v) is 1.02. The van der Waals surface area contributed by atoms with Gasteiger partial charge in [0.1, 0.15) is 6.07 Å². The Bertz CT molecular complexity index is 396. The minimum absolute atomic E-state index is 0.536. The lowest BCUT2D eigenvalue weighted by atomic mass is 10.2. The van der Waals surface area contributed by atoms with Gasteiger partial charge >= 0.3 is 0 Å². The Labute approximate surface area is 88.5 Å². The van der Waals surface area contributed by atoms with Crippen molar-refractivity contribution in [3.8, 4) is 17.9 Å². The minimum atomic E-state index is 0.536. The molecule has 0 aliphatic heterocycles. The molecular formula is C11H9ClN2. The molecule has 0 radical (unpaired) electrons. The van der Waals surface area contributed by atoms with Gasteiger partial charge in [-0.2, -0.15) is 5.26 Å². The molecule has 0 aromatic carbocycles. The van der Waals surface area contributed by atoms with E-state index in [4.69, 9.17) is 16.9 Å². The average Bonchev–Trinajstić information content (AvgIpc) is 2.25.